The van der Waals surface area contributed by atoms with Gasteiger partial charge in [-0.3, -0.25) is 4.79 Å². The maximum atomic E-state index is 13.8. The van der Waals surface area contributed by atoms with Gasteiger partial charge in [0.25, 0.3) is 0 Å². The van der Waals surface area contributed by atoms with Crippen molar-refractivity contribution in [2.75, 3.05) is 24.5 Å². The minimum atomic E-state index is 0.195. The van der Waals surface area contributed by atoms with Gasteiger partial charge in [0.15, 0.2) is 0 Å². The van der Waals surface area contributed by atoms with Crippen molar-refractivity contribution in [3.05, 3.63) is 63.6 Å². The molecule has 3 nitrogen and oxygen atoms in total. The van der Waals surface area contributed by atoms with E-state index in [2.05, 4.69) is 34.1 Å². The predicted molar refractivity (Wildman–Crippen MR) is 137 cm³/mol. The van der Waals surface area contributed by atoms with Gasteiger partial charge in [-0.2, -0.15) is 0 Å². The van der Waals surface area contributed by atoms with Crippen LogP contribution in [0.25, 0.3) is 0 Å². The van der Waals surface area contributed by atoms with Crippen molar-refractivity contribution in [2.24, 2.45) is 5.92 Å². The number of benzene rings is 2. The summed E-state index contributed by atoms with van der Waals surface area (Å²) in [5.41, 5.74) is 3.59. The number of para-hydroxylation sites is 1. The molecule has 0 radical (unpaired) electrons. The number of carbonyl (C=O) groups is 1. The number of likely N-dealkylation sites (tertiary alicyclic amines) is 1. The number of amides is 1. The average molecular weight is 485 g/mol. The molecule has 1 saturated heterocycles. The quantitative estimate of drug-likeness (QED) is 0.461. The average Bonchev–Trinajstić information content (AvgIpc) is 2.85. The van der Waals surface area contributed by atoms with Crippen molar-refractivity contribution in [3.8, 4) is 0 Å². The van der Waals surface area contributed by atoms with E-state index in [1.54, 1.807) is 0 Å². The number of rotatable bonds is 4. The summed E-state index contributed by atoms with van der Waals surface area (Å²) in [4.78, 5) is 18.5. The first-order valence-electron chi connectivity index (χ1n) is 12.7. The third-order valence-corrected chi connectivity index (χ3v) is 8.68. The summed E-state index contributed by atoms with van der Waals surface area (Å²) in [6.45, 7) is 3.00. The van der Waals surface area contributed by atoms with Gasteiger partial charge in [-0.1, -0.05) is 66.7 Å². The van der Waals surface area contributed by atoms with E-state index in [1.165, 1.54) is 24.8 Å². The molecule has 2 heterocycles. The van der Waals surface area contributed by atoms with Crippen LogP contribution in [0.1, 0.15) is 68.4 Å². The first-order valence-corrected chi connectivity index (χ1v) is 13.4. The third-order valence-electron chi connectivity index (χ3n) is 8.02. The molecule has 2 aromatic rings. The second kappa shape index (κ2) is 10.4. The van der Waals surface area contributed by atoms with E-state index in [0.717, 1.165) is 79.5 Å². The van der Waals surface area contributed by atoms with Gasteiger partial charge in [0.1, 0.15) is 0 Å². The largest absolute Gasteiger partial charge is 0.308 e. The fraction of sp³-hybridized carbons (Fsp3) is 0.536. The van der Waals surface area contributed by atoms with Crippen molar-refractivity contribution >= 4 is 34.8 Å². The highest BCUT2D eigenvalue weighted by Crippen LogP contribution is 2.39. The highest BCUT2D eigenvalue weighted by molar-refractivity contribution is 6.36. The maximum absolute atomic E-state index is 13.8. The van der Waals surface area contributed by atoms with Gasteiger partial charge in [0.2, 0.25) is 5.91 Å². The molecule has 2 fully saturated rings. The van der Waals surface area contributed by atoms with E-state index in [-0.39, 0.29) is 12.0 Å². The molecule has 0 aromatic heterocycles. The fourth-order valence-electron chi connectivity index (χ4n) is 6.23. The normalized spacial score (nSPS) is 22.8. The van der Waals surface area contributed by atoms with Gasteiger partial charge in [-0.15, -0.1) is 0 Å². The molecule has 1 atom stereocenters. The molecule has 2 aromatic carbocycles. The minimum Gasteiger partial charge on any atom is -0.308 e. The van der Waals surface area contributed by atoms with E-state index in [0.29, 0.717) is 11.8 Å². The molecule has 1 amide bonds. The van der Waals surface area contributed by atoms with E-state index in [4.69, 9.17) is 23.2 Å². The number of carbonyl (C=O) groups excluding carboxylic acids is 1. The number of aryl methyl sites for hydroxylation is 1. The number of hydrogen-bond acceptors (Lipinski definition) is 2. The predicted octanol–water partition coefficient (Wildman–Crippen LogP) is 7.10. The van der Waals surface area contributed by atoms with E-state index >= 15 is 0 Å². The molecular formula is C28H34Cl2N2O. The van der Waals surface area contributed by atoms with Gasteiger partial charge in [0.05, 0.1) is 0 Å². The molecular weight excluding hydrogens is 451 g/mol. The van der Waals surface area contributed by atoms with Crippen molar-refractivity contribution in [3.63, 3.8) is 0 Å². The summed E-state index contributed by atoms with van der Waals surface area (Å²) in [7, 11) is 0. The monoisotopic (exact) mass is 484 g/mol. The summed E-state index contributed by atoms with van der Waals surface area (Å²) in [5.74, 6) is 0.972. The molecule has 1 unspecified atom stereocenters. The number of fused-ring (bicyclic) bond motifs is 1. The van der Waals surface area contributed by atoms with E-state index < -0.39 is 0 Å². The van der Waals surface area contributed by atoms with Crippen LogP contribution >= 0.6 is 23.2 Å². The number of nitrogens with zero attached hydrogens (tertiary/aromatic N) is 2. The number of anilines is 1. The molecule has 3 aliphatic rings. The molecule has 0 spiro atoms. The Morgan fingerprint density at radius 1 is 0.848 bits per heavy atom. The third kappa shape index (κ3) is 4.97. The Morgan fingerprint density at radius 2 is 1.55 bits per heavy atom. The Kier molecular flexibility index (Phi) is 7.30. The smallest absolute Gasteiger partial charge is 0.230 e. The zero-order chi connectivity index (χ0) is 22.8. The van der Waals surface area contributed by atoms with Gasteiger partial charge in [-0.05, 0) is 86.9 Å². The van der Waals surface area contributed by atoms with E-state index in [1.807, 2.05) is 18.2 Å². The highest BCUT2D eigenvalue weighted by atomic mass is 35.5. The Balaban J connectivity index is 1.29. The fourth-order valence-corrected chi connectivity index (χ4v) is 6.93. The molecule has 1 aliphatic carbocycles. The second-order valence-corrected chi connectivity index (χ2v) is 10.9. The Hall–Kier alpha value is -1.55. The molecule has 0 N–H and O–H groups in total. The van der Waals surface area contributed by atoms with Crippen molar-refractivity contribution < 1.29 is 4.79 Å². The van der Waals surface area contributed by atoms with Crippen LogP contribution in [0, 0.1) is 5.92 Å². The second-order valence-electron chi connectivity index (χ2n) is 10.1. The molecule has 5 heteroatoms. The molecule has 176 valence electrons. The van der Waals surface area contributed by atoms with Gasteiger partial charge >= 0.3 is 0 Å². The molecule has 5 rings (SSSR count). The van der Waals surface area contributed by atoms with Crippen LogP contribution in [0.4, 0.5) is 5.69 Å². The van der Waals surface area contributed by atoms with Crippen LogP contribution in [0.5, 0.6) is 0 Å². The maximum Gasteiger partial charge on any atom is 0.230 e. The number of halogens is 2. The van der Waals surface area contributed by atoms with Gasteiger partial charge in [0, 0.05) is 34.2 Å². The van der Waals surface area contributed by atoms with Gasteiger partial charge < -0.3 is 9.80 Å². The molecule has 2 aliphatic heterocycles. The lowest BCUT2D eigenvalue weighted by atomic mass is 9.85. The van der Waals surface area contributed by atoms with Crippen LogP contribution < -0.4 is 4.90 Å². The first-order chi connectivity index (χ1) is 16.1. The first kappa shape index (κ1) is 23.2. The zero-order valence-corrected chi connectivity index (χ0v) is 20.8. The van der Waals surface area contributed by atoms with Crippen molar-refractivity contribution in [1.29, 1.82) is 0 Å². The Bertz CT molecular complexity index is 959. The lowest BCUT2D eigenvalue weighted by Crippen LogP contribution is -2.52. The topological polar surface area (TPSA) is 23.6 Å². The summed E-state index contributed by atoms with van der Waals surface area (Å²) >= 11 is 13.0. The number of piperidine rings is 1. The van der Waals surface area contributed by atoms with Crippen LogP contribution in [0.15, 0.2) is 42.5 Å². The lowest BCUT2D eigenvalue weighted by Gasteiger charge is -2.43. The molecule has 33 heavy (non-hydrogen) atoms. The molecule has 0 bridgehead atoms. The zero-order valence-electron chi connectivity index (χ0n) is 19.3. The van der Waals surface area contributed by atoms with Crippen molar-refractivity contribution in [1.82, 2.24) is 4.90 Å². The Morgan fingerprint density at radius 3 is 2.27 bits per heavy atom. The van der Waals surface area contributed by atoms with E-state index in [9.17, 15) is 4.79 Å². The van der Waals surface area contributed by atoms with Crippen molar-refractivity contribution in [2.45, 2.75) is 69.7 Å². The highest BCUT2D eigenvalue weighted by Gasteiger charge is 2.36. The minimum absolute atomic E-state index is 0.195. The summed E-state index contributed by atoms with van der Waals surface area (Å²) in [6.07, 6.45) is 9.97. The SMILES string of the molecule is O=C(C1CCCCC1)N1c2ccccc2CCC1CN1CCC(c2c(Cl)cccc2Cl)CC1. The van der Waals surface area contributed by atoms with Gasteiger partial charge in [-0.25, -0.2) is 0 Å². The summed E-state index contributed by atoms with van der Waals surface area (Å²) in [5, 5.41) is 1.57. The lowest BCUT2D eigenvalue weighted by molar-refractivity contribution is -0.124. The standard InChI is InChI=1S/C28H34Cl2N2O/c29-24-10-6-11-25(30)27(24)21-15-17-31(18-16-21)19-23-14-13-20-7-4-5-12-26(20)32(23)28(33)22-8-2-1-3-9-22/h4-7,10-12,21-23H,1-3,8-9,13-19H2. The summed E-state index contributed by atoms with van der Waals surface area (Å²) < 4.78 is 0. The van der Waals surface area contributed by atoms with Crippen LogP contribution in [-0.4, -0.2) is 36.5 Å². The molecule has 1 saturated carbocycles. The Labute approximate surface area is 208 Å². The van der Waals surface area contributed by atoms with Crippen LogP contribution in [0.3, 0.4) is 0 Å². The van der Waals surface area contributed by atoms with Crippen LogP contribution in [0.2, 0.25) is 10.0 Å². The summed E-state index contributed by atoms with van der Waals surface area (Å²) in [6, 6.07) is 14.6. The number of hydrogen-bond donors (Lipinski definition) is 0. The van der Waals surface area contributed by atoms with Crippen LogP contribution in [-0.2, 0) is 11.2 Å².